The van der Waals surface area contributed by atoms with Crippen molar-refractivity contribution >= 4 is 11.3 Å². The third kappa shape index (κ3) is 2.70. The van der Waals surface area contributed by atoms with Crippen LogP contribution >= 0.6 is 11.3 Å². The predicted molar refractivity (Wildman–Crippen MR) is 80.4 cm³/mol. The molecule has 1 saturated heterocycles. The summed E-state index contributed by atoms with van der Waals surface area (Å²) in [5.41, 5.74) is 2.18. The molecular formula is C15H18N2O2S. The largest absolute Gasteiger partial charge is 0.497 e. The Bertz CT molecular complexity index is 574. The van der Waals surface area contributed by atoms with Crippen molar-refractivity contribution in [1.82, 2.24) is 10.3 Å². The first-order valence-electron chi connectivity index (χ1n) is 6.71. The van der Waals surface area contributed by atoms with Crippen LogP contribution in [0.25, 0.3) is 11.3 Å². The molecule has 0 spiro atoms. The molecular weight excluding hydrogens is 272 g/mol. The van der Waals surface area contributed by atoms with E-state index in [0.717, 1.165) is 35.2 Å². The normalized spacial score (nSPS) is 19.0. The Morgan fingerprint density at radius 3 is 2.80 bits per heavy atom. The topological polar surface area (TPSA) is 43.4 Å². The van der Waals surface area contributed by atoms with E-state index >= 15 is 0 Å². The van der Waals surface area contributed by atoms with E-state index in [9.17, 15) is 0 Å². The van der Waals surface area contributed by atoms with Crippen molar-refractivity contribution in [2.24, 2.45) is 0 Å². The van der Waals surface area contributed by atoms with Crippen LogP contribution in [0.5, 0.6) is 5.75 Å². The van der Waals surface area contributed by atoms with Crippen LogP contribution in [-0.4, -0.2) is 31.9 Å². The van der Waals surface area contributed by atoms with Gasteiger partial charge in [-0.1, -0.05) is 0 Å². The summed E-state index contributed by atoms with van der Waals surface area (Å²) in [7, 11) is 1.68. The fourth-order valence-electron chi connectivity index (χ4n) is 2.31. The minimum Gasteiger partial charge on any atom is -0.497 e. The smallest absolute Gasteiger partial charge is 0.118 e. The van der Waals surface area contributed by atoms with Gasteiger partial charge in [0.2, 0.25) is 0 Å². The van der Waals surface area contributed by atoms with Gasteiger partial charge in [-0.2, -0.15) is 0 Å². The first kappa shape index (κ1) is 13.5. The highest BCUT2D eigenvalue weighted by Crippen LogP contribution is 2.31. The number of methoxy groups -OCH3 is 1. The molecule has 2 aromatic rings. The van der Waals surface area contributed by atoms with Crippen molar-refractivity contribution in [2.75, 3.05) is 26.9 Å². The summed E-state index contributed by atoms with van der Waals surface area (Å²) in [5, 5.41) is 4.55. The maximum atomic E-state index is 5.51. The maximum absolute atomic E-state index is 5.51. The quantitative estimate of drug-likeness (QED) is 0.944. The van der Waals surface area contributed by atoms with Gasteiger partial charge in [-0.3, -0.25) is 0 Å². The number of thiazole rings is 1. The molecule has 1 aromatic carbocycles. The Kier molecular flexibility index (Phi) is 4.00. The number of hydrogen-bond donors (Lipinski definition) is 1. The SMILES string of the molecule is COc1ccc(-c2nc(C3COCCN3)sc2C)cc1. The molecule has 1 atom stereocenters. The molecule has 0 amide bonds. The van der Waals surface area contributed by atoms with E-state index in [0.29, 0.717) is 6.61 Å². The molecule has 1 fully saturated rings. The number of benzene rings is 1. The minimum atomic E-state index is 0.222. The van der Waals surface area contributed by atoms with E-state index in [1.165, 1.54) is 4.88 Å². The second-order valence-electron chi connectivity index (χ2n) is 4.77. The second kappa shape index (κ2) is 5.91. The van der Waals surface area contributed by atoms with Gasteiger partial charge in [0, 0.05) is 17.0 Å². The number of ether oxygens (including phenoxy) is 2. The summed E-state index contributed by atoms with van der Waals surface area (Å²) in [6.45, 7) is 4.49. The van der Waals surface area contributed by atoms with E-state index in [1.807, 2.05) is 12.1 Å². The molecule has 1 N–H and O–H groups in total. The van der Waals surface area contributed by atoms with Crippen LogP contribution in [0.3, 0.4) is 0 Å². The van der Waals surface area contributed by atoms with E-state index in [2.05, 4.69) is 24.4 Å². The molecule has 106 valence electrons. The number of aromatic nitrogens is 1. The highest BCUT2D eigenvalue weighted by Gasteiger charge is 2.20. The lowest BCUT2D eigenvalue weighted by Gasteiger charge is -2.21. The van der Waals surface area contributed by atoms with Gasteiger partial charge in [0.15, 0.2) is 0 Å². The van der Waals surface area contributed by atoms with Crippen LogP contribution < -0.4 is 10.1 Å². The Labute approximate surface area is 122 Å². The number of hydrogen-bond acceptors (Lipinski definition) is 5. The summed E-state index contributed by atoms with van der Waals surface area (Å²) in [4.78, 5) is 6.03. The van der Waals surface area contributed by atoms with Crippen LogP contribution in [0.4, 0.5) is 0 Å². The number of morpholine rings is 1. The molecule has 20 heavy (non-hydrogen) atoms. The van der Waals surface area contributed by atoms with Crippen LogP contribution in [0, 0.1) is 6.92 Å². The lowest BCUT2D eigenvalue weighted by atomic mass is 10.1. The lowest BCUT2D eigenvalue weighted by molar-refractivity contribution is 0.0768. The van der Waals surface area contributed by atoms with Gasteiger partial charge in [-0.05, 0) is 31.2 Å². The molecule has 0 bridgehead atoms. The molecule has 0 radical (unpaired) electrons. The minimum absolute atomic E-state index is 0.222. The molecule has 1 aliphatic rings. The highest BCUT2D eigenvalue weighted by atomic mass is 32.1. The number of rotatable bonds is 3. The van der Waals surface area contributed by atoms with E-state index < -0.39 is 0 Å². The van der Waals surface area contributed by atoms with Gasteiger partial charge in [-0.25, -0.2) is 4.98 Å². The third-order valence-electron chi connectivity index (χ3n) is 3.40. The molecule has 3 rings (SSSR count). The van der Waals surface area contributed by atoms with Gasteiger partial charge >= 0.3 is 0 Å². The van der Waals surface area contributed by atoms with Crippen molar-refractivity contribution in [2.45, 2.75) is 13.0 Å². The van der Waals surface area contributed by atoms with Gasteiger partial charge in [0.25, 0.3) is 0 Å². The standard InChI is InChI=1S/C15H18N2O2S/c1-10-14(11-3-5-12(18-2)6-4-11)17-15(20-10)13-9-19-8-7-16-13/h3-6,13,16H,7-9H2,1-2H3. The van der Waals surface area contributed by atoms with Crippen molar-refractivity contribution in [3.05, 3.63) is 34.2 Å². The summed E-state index contributed by atoms with van der Waals surface area (Å²) in [6, 6.07) is 8.26. The van der Waals surface area contributed by atoms with Gasteiger partial charge in [0.05, 0.1) is 32.1 Å². The third-order valence-corrected chi connectivity index (χ3v) is 4.48. The Morgan fingerprint density at radius 2 is 2.15 bits per heavy atom. The average molecular weight is 290 g/mol. The summed E-state index contributed by atoms with van der Waals surface area (Å²) in [5.74, 6) is 0.865. The molecule has 2 heterocycles. The Morgan fingerprint density at radius 1 is 1.35 bits per heavy atom. The van der Waals surface area contributed by atoms with E-state index in [4.69, 9.17) is 14.5 Å². The zero-order chi connectivity index (χ0) is 13.9. The van der Waals surface area contributed by atoms with Gasteiger partial charge in [0.1, 0.15) is 10.8 Å². The molecule has 1 aromatic heterocycles. The number of nitrogens with zero attached hydrogens (tertiary/aromatic N) is 1. The van der Waals surface area contributed by atoms with Crippen molar-refractivity contribution in [3.63, 3.8) is 0 Å². The van der Waals surface area contributed by atoms with E-state index in [1.54, 1.807) is 18.4 Å². The molecule has 4 nitrogen and oxygen atoms in total. The van der Waals surface area contributed by atoms with Crippen molar-refractivity contribution in [3.8, 4) is 17.0 Å². The second-order valence-corrected chi connectivity index (χ2v) is 6.00. The summed E-state index contributed by atoms with van der Waals surface area (Å²) >= 11 is 1.74. The van der Waals surface area contributed by atoms with Crippen LogP contribution in [0.2, 0.25) is 0 Å². The fourth-order valence-corrected chi connectivity index (χ4v) is 3.31. The van der Waals surface area contributed by atoms with Crippen LogP contribution in [-0.2, 0) is 4.74 Å². The molecule has 0 aliphatic carbocycles. The van der Waals surface area contributed by atoms with Crippen LogP contribution in [0.15, 0.2) is 24.3 Å². The predicted octanol–water partition coefficient (Wildman–Crippen LogP) is 2.79. The van der Waals surface area contributed by atoms with Gasteiger partial charge in [-0.15, -0.1) is 11.3 Å². The fraction of sp³-hybridized carbons (Fsp3) is 0.400. The monoisotopic (exact) mass is 290 g/mol. The number of nitrogens with one attached hydrogen (secondary N) is 1. The zero-order valence-electron chi connectivity index (χ0n) is 11.7. The molecule has 1 unspecified atom stereocenters. The summed E-state index contributed by atoms with van der Waals surface area (Å²) < 4.78 is 10.7. The molecule has 1 aliphatic heterocycles. The number of aryl methyl sites for hydroxylation is 1. The molecule has 5 heteroatoms. The van der Waals surface area contributed by atoms with Crippen LogP contribution in [0.1, 0.15) is 15.9 Å². The molecule has 0 saturated carbocycles. The van der Waals surface area contributed by atoms with Crippen molar-refractivity contribution in [1.29, 1.82) is 0 Å². The lowest BCUT2D eigenvalue weighted by Crippen LogP contribution is -2.34. The average Bonchev–Trinajstić information content (AvgIpc) is 2.90. The van der Waals surface area contributed by atoms with E-state index in [-0.39, 0.29) is 6.04 Å². The zero-order valence-corrected chi connectivity index (χ0v) is 12.5. The van der Waals surface area contributed by atoms with Gasteiger partial charge < -0.3 is 14.8 Å². The Balaban J connectivity index is 1.87. The highest BCUT2D eigenvalue weighted by molar-refractivity contribution is 7.12. The summed E-state index contributed by atoms with van der Waals surface area (Å²) in [6.07, 6.45) is 0. The van der Waals surface area contributed by atoms with Crippen molar-refractivity contribution < 1.29 is 9.47 Å². The first-order chi connectivity index (χ1) is 9.78. The maximum Gasteiger partial charge on any atom is 0.118 e. The Hall–Kier alpha value is -1.43. The first-order valence-corrected chi connectivity index (χ1v) is 7.52.